The molecule has 0 spiro atoms. The van der Waals surface area contributed by atoms with Crippen LogP contribution in [0.1, 0.15) is 19.4 Å². The van der Waals surface area contributed by atoms with Crippen LogP contribution >= 0.6 is 0 Å². The standard InChI is InChI=1S/C10H12F2N2O/c1-5(2)15-9-7(11)3-6(10(13)14)4-8(9)12/h3-5H,1-2H3,(H3,13,14). The lowest BCUT2D eigenvalue weighted by atomic mass is 10.2. The molecule has 0 aliphatic heterocycles. The third-order valence-corrected chi connectivity index (χ3v) is 1.66. The van der Waals surface area contributed by atoms with Crippen molar-refractivity contribution in [3.63, 3.8) is 0 Å². The molecule has 0 aliphatic rings. The fraction of sp³-hybridized carbons (Fsp3) is 0.300. The Hall–Kier alpha value is -1.65. The molecule has 3 nitrogen and oxygen atoms in total. The van der Waals surface area contributed by atoms with Crippen LogP contribution in [0.5, 0.6) is 5.75 Å². The lowest BCUT2D eigenvalue weighted by Crippen LogP contribution is -2.14. The SMILES string of the molecule is CC(C)Oc1c(F)cc(C(=N)N)cc1F. The van der Waals surface area contributed by atoms with E-state index in [1.165, 1.54) is 0 Å². The molecule has 15 heavy (non-hydrogen) atoms. The number of hydrogen-bond acceptors (Lipinski definition) is 2. The monoisotopic (exact) mass is 214 g/mol. The number of rotatable bonds is 3. The lowest BCUT2D eigenvalue weighted by molar-refractivity contribution is 0.219. The highest BCUT2D eigenvalue weighted by Gasteiger charge is 2.14. The molecule has 5 heteroatoms. The first-order valence-corrected chi connectivity index (χ1v) is 4.42. The van der Waals surface area contributed by atoms with E-state index in [0.29, 0.717) is 0 Å². The van der Waals surface area contributed by atoms with E-state index >= 15 is 0 Å². The molecule has 1 aromatic carbocycles. The highest BCUT2D eigenvalue weighted by Crippen LogP contribution is 2.24. The zero-order chi connectivity index (χ0) is 11.6. The third-order valence-electron chi connectivity index (χ3n) is 1.66. The average Bonchev–Trinajstić information content (AvgIpc) is 2.10. The molecule has 1 aromatic rings. The van der Waals surface area contributed by atoms with Gasteiger partial charge < -0.3 is 10.5 Å². The van der Waals surface area contributed by atoms with Gasteiger partial charge in [-0.15, -0.1) is 0 Å². The van der Waals surface area contributed by atoms with Crippen molar-refractivity contribution < 1.29 is 13.5 Å². The van der Waals surface area contributed by atoms with E-state index in [0.717, 1.165) is 12.1 Å². The molecular formula is C10H12F2N2O. The number of nitrogens with two attached hydrogens (primary N) is 1. The molecule has 0 aromatic heterocycles. The van der Waals surface area contributed by atoms with Gasteiger partial charge in [-0.05, 0) is 26.0 Å². The fourth-order valence-electron chi connectivity index (χ4n) is 1.06. The van der Waals surface area contributed by atoms with E-state index in [4.69, 9.17) is 15.9 Å². The minimum Gasteiger partial charge on any atom is -0.485 e. The van der Waals surface area contributed by atoms with Crippen molar-refractivity contribution in [1.29, 1.82) is 5.41 Å². The predicted octanol–water partition coefficient (Wildman–Crippen LogP) is 2.04. The second-order valence-electron chi connectivity index (χ2n) is 3.35. The van der Waals surface area contributed by atoms with Crippen molar-refractivity contribution in [3.05, 3.63) is 29.3 Å². The zero-order valence-electron chi connectivity index (χ0n) is 8.47. The summed E-state index contributed by atoms with van der Waals surface area (Å²) >= 11 is 0. The third kappa shape index (κ3) is 2.65. The normalized spacial score (nSPS) is 10.5. The van der Waals surface area contributed by atoms with E-state index in [-0.39, 0.29) is 17.5 Å². The molecule has 0 fully saturated rings. The number of ether oxygens (including phenoxy) is 1. The Kier molecular flexibility index (Phi) is 3.24. The van der Waals surface area contributed by atoms with Gasteiger partial charge in [-0.1, -0.05) is 0 Å². The summed E-state index contributed by atoms with van der Waals surface area (Å²) in [6.45, 7) is 3.33. The van der Waals surface area contributed by atoms with Crippen LogP contribution in [0.2, 0.25) is 0 Å². The molecule has 1 rings (SSSR count). The van der Waals surface area contributed by atoms with Gasteiger partial charge in [0.25, 0.3) is 0 Å². The van der Waals surface area contributed by atoms with Gasteiger partial charge in [-0.3, -0.25) is 5.41 Å². The zero-order valence-corrected chi connectivity index (χ0v) is 8.47. The molecule has 0 amide bonds. The summed E-state index contributed by atoms with van der Waals surface area (Å²) in [4.78, 5) is 0. The largest absolute Gasteiger partial charge is 0.485 e. The molecular weight excluding hydrogens is 202 g/mol. The first-order valence-electron chi connectivity index (χ1n) is 4.42. The van der Waals surface area contributed by atoms with Gasteiger partial charge in [0.05, 0.1) is 6.10 Å². The van der Waals surface area contributed by atoms with Gasteiger partial charge in [-0.2, -0.15) is 0 Å². The van der Waals surface area contributed by atoms with Crippen LogP contribution in [0.3, 0.4) is 0 Å². The van der Waals surface area contributed by atoms with Crippen molar-refractivity contribution in [2.24, 2.45) is 5.73 Å². The molecule has 0 heterocycles. The molecule has 82 valence electrons. The van der Waals surface area contributed by atoms with Gasteiger partial charge >= 0.3 is 0 Å². The molecule has 0 bridgehead atoms. The number of nitrogen functional groups attached to an aromatic ring is 1. The summed E-state index contributed by atoms with van der Waals surface area (Å²) in [5, 5.41) is 7.04. The number of amidine groups is 1. The molecule has 0 saturated heterocycles. The van der Waals surface area contributed by atoms with Crippen molar-refractivity contribution in [1.82, 2.24) is 0 Å². The predicted molar refractivity (Wildman–Crippen MR) is 53.1 cm³/mol. The average molecular weight is 214 g/mol. The Labute approximate surface area is 86.4 Å². The summed E-state index contributed by atoms with van der Waals surface area (Å²) < 4.78 is 31.6. The Morgan fingerprint density at radius 3 is 2.13 bits per heavy atom. The van der Waals surface area contributed by atoms with E-state index < -0.39 is 17.4 Å². The molecule has 0 saturated carbocycles. The van der Waals surface area contributed by atoms with Crippen LogP contribution in [0.15, 0.2) is 12.1 Å². The summed E-state index contributed by atoms with van der Waals surface area (Å²) in [5.41, 5.74) is 5.11. The maximum absolute atomic E-state index is 13.3. The van der Waals surface area contributed by atoms with Gasteiger partial charge in [0.2, 0.25) is 0 Å². The quantitative estimate of drug-likeness (QED) is 0.597. The second kappa shape index (κ2) is 4.25. The first-order chi connectivity index (χ1) is 6.91. The Balaban J connectivity index is 3.15. The van der Waals surface area contributed by atoms with E-state index in [9.17, 15) is 8.78 Å². The molecule has 3 N–H and O–H groups in total. The fourth-order valence-corrected chi connectivity index (χ4v) is 1.06. The van der Waals surface area contributed by atoms with Crippen molar-refractivity contribution in [2.45, 2.75) is 20.0 Å². The number of nitrogens with one attached hydrogen (secondary N) is 1. The first kappa shape index (κ1) is 11.4. The molecule has 0 atom stereocenters. The lowest BCUT2D eigenvalue weighted by Gasteiger charge is -2.12. The van der Waals surface area contributed by atoms with Crippen LogP contribution in [0.25, 0.3) is 0 Å². The number of benzene rings is 1. The van der Waals surface area contributed by atoms with Crippen LogP contribution in [-0.2, 0) is 0 Å². The van der Waals surface area contributed by atoms with Gasteiger partial charge in [0.15, 0.2) is 17.4 Å². The molecule has 0 radical (unpaired) electrons. The van der Waals surface area contributed by atoms with E-state index in [1.807, 2.05) is 0 Å². The number of halogens is 2. The molecule has 0 unspecified atom stereocenters. The minimum absolute atomic E-state index is 0.00102. The van der Waals surface area contributed by atoms with Crippen LogP contribution in [-0.4, -0.2) is 11.9 Å². The smallest absolute Gasteiger partial charge is 0.191 e. The van der Waals surface area contributed by atoms with Crippen molar-refractivity contribution in [2.75, 3.05) is 0 Å². The van der Waals surface area contributed by atoms with Crippen molar-refractivity contribution >= 4 is 5.84 Å². The maximum Gasteiger partial charge on any atom is 0.191 e. The maximum atomic E-state index is 13.3. The highest BCUT2D eigenvalue weighted by molar-refractivity contribution is 5.95. The number of hydrogen-bond donors (Lipinski definition) is 2. The van der Waals surface area contributed by atoms with E-state index in [2.05, 4.69) is 0 Å². The van der Waals surface area contributed by atoms with E-state index in [1.54, 1.807) is 13.8 Å². The Morgan fingerprint density at radius 2 is 1.80 bits per heavy atom. The summed E-state index contributed by atoms with van der Waals surface area (Å²) in [7, 11) is 0. The topological polar surface area (TPSA) is 59.1 Å². The summed E-state index contributed by atoms with van der Waals surface area (Å²) in [5.74, 6) is -2.53. The van der Waals surface area contributed by atoms with Gasteiger partial charge in [0, 0.05) is 5.56 Å². The van der Waals surface area contributed by atoms with Crippen LogP contribution < -0.4 is 10.5 Å². The van der Waals surface area contributed by atoms with Crippen LogP contribution in [0, 0.1) is 17.0 Å². The van der Waals surface area contributed by atoms with Gasteiger partial charge in [-0.25, -0.2) is 8.78 Å². The summed E-state index contributed by atoms with van der Waals surface area (Å²) in [6, 6.07) is 1.95. The minimum atomic E-state index is -0.853. The summed E-state index contributed by atoms with van der Waals surface area (Å²) in [6.07, 6.45) is -0.322. The van der Waals surface area contributed by atoms with Crippen molar-refractivity contribution in [3.8, 4) is 5.75 Å². The molecule has 0 aliphatic carbocycles. The second-order valence-corrected chi connectivity index (χ2v) is 3.35. The highest BCUT2D eigenvalue weighted by atomic mass is 19.1. The Morgan fingerprint density at radius 1 is 1.33 bits per heavy atom. The Bertz CT molecular complexity index is 368. The van der Waals surface area contributed by atoms with Gasteiger partial charge in [0.1, 0.15) is 5.84 Å². The van der Waals surface area contributed by atoms with Crippen LogP contribution in [0.4, 0.5) is 8.78 Å².